The van der Waals surface area contributed by atoms with E-state index in [-0.39, 0.29) is 24.5 Å². The third-order valence-corrected chi connectivity index (χ3v) is 1.73. The largest absolute Gasteiger partial charge is 0.299 e. The van der Waals surface area contributed by atoms with Gasteiger partial charge in [-0.2, -0.15) is 0 Å². The predicted molar refractivity (Wildman–Crippen MR) is 46.3 cm³/mol. The summed E-state index contributed by atoms with van der Waals surface area (Å²) in [5.41, 5.74) is 0. The van der Waals surface area contributed by atoms with Crippen LogP contribution in [0.5, 0.6) is 0 Å². The van der Waals surface area contributed by atoms with Gasteiger partial charge in [-0.15, -0.1) is 4.68 Å². The van der Waals surface area contributed by atoms with E-state index in [0.29, 0.717) is 5.82 Å². The first kappa shape index (κ1) is 10.5. The van der Waals surface area contributed by atoms with Crippen LogP contribution in [0.25, 0.3) is 0 Å². The monoisotopic (exact) mass is 197 g/mol. The van der Waals surface area contributed by atoms with Gasteiger partial charge in [0, 0.05) is 0 Å². The van der Waals surface area contributed by atoms with Crippen LogP contribution in [0.2, 0.25) is 0 Å². The van der Waals surface area contributed by atoms with E-state index < -0.39 is 0 Å². The normalized spacial score (nSPS) is 10.2. The number of carbonyl (C=O) groups excluding carboxylic acids is 2. The average Bonchev–Trinajstić information content (AvgIpc) is 2.34. The van der Waals surface area contributed by atoms with E-state index in [4.69, 9.17) is 0 Å². The Morgan fingerprint density at radius 1 is 1.36 bits per heavy atom. The first-order chi connectivity index (χ1) is 6.50. The highest BCUT2D eigenvalue weighted by Gasteiger charge is 2.20. The molecule has 1 heterocycles. The van der Waals surface area contributed by atoms with Gasteiger partial charge in [0.05, 0.1) is 13.5 Å². The molecule has 1 aromatic heterocycles. The second-order valence-electron chi connectivity index (χ2n) is 3.26. The molecule has 0 aliphatic heterocycles. The van der Waals surface area contributed by atoms with Crippen LogP contribution in [0.4, 0.5) is 0 Å². The molecule has 0 N–H and O–H groups in total. The van der Waals surface area contributed by atoms with Crippen LogP contribution in [0.1, 0.15) is 19.7 Å². The smallest absolute Gasteiger partial charge is 0.264 e. The highest BCUT2D eigenvalue weighted by molar-refractivity contribution is 5.77. The van der Waals surface area contributed by atoms with Crippen molar-refractivity contribution in [1.82, 2.24) is 15.1 Å². The molecule has 0 aliphatic rings. The molecule has 1 rings (SSSR count). The second kappa shape index (κ2) is 4.08. The third-order valence-electron chi connectivity index (χ3n) is 1.73. The van der Waals surface area contributed by atoms with E-state index in [9.17, 15) is 9.59 Å². The lowest BCUT2D eigenvalue weighted by Crippen LogP contribution is -2.37. The van der Waals surface area contributed by atoms with Gasteiger partial charge in [0.15, 0.2) is 17.5 Å². The molecule has 0 saturated carbocycles. The zero-order chi connectivity index (χ0) is 10.7. The number of aromatic nitrogens is 4. The van der Waals surface area contributed by atoms with E-state index in [1.54, 1.807) is 7.05 Å². The first-order valence-corrected chi connectivity index (χ1v) is 4.28. The summed E-state index contributed by atoms with van der Waals surface area (Å²) in [6.45, 7) is 3.13. The van der Waals surface area contributed by atoms with Crippen molar-refractivity contribution in [2.24, 2.45) is 7.05 Å². The molecule has 0 bridgehead atoms. The van der Waals surface area contributed by atoms with Crippen molar-refractivity contribution in [3.63, 3.8) is 0 Å². The fourth-order valence-corrected chi connectivity index (χ4v) is 1.14. The summed E-state index contributed by atoms with van der Waals surface area (Å²) >= 11 is 0. The van der Waals surface area contributed by atoms with E-state index in [1.165, 1.54) is 23.2 Å². The third kappa shape index (κ3) is 2.45. The number of ketones is 2. The molecule has 1 aromatic rings. The van der Waals surface area contributed by atoms with Crippen LogP contribution < -0.4 is 4.68 Å². The Balaban J connectivity index is 2.93. The fraction of sp³-hybridized carbons (Fsp3) is 0.625. The summed E-state index contributed by atoms with van der Waals surface area (Å²) in [4.78, 5) is 21.8. The maximum Gasteiger partial charge on any atom is 0.264 e. The van der Waals surface area contributed by atoms with E-state index in [0.717, 1.165) is 0 Å². The molecule has 6 heteroatoms. The number of hydrogen-bond donors (Lipinski definition) is 0. The first-order valence-electron chi connectivity index (χ1n) is 4.28. The number of carbonyl (C=O) groups is 2. The van der Waals surface area contributed by atoms with Gasteiger partial charge in [-0.25, -0.2) is 0 Å². The van der Waals surface area contributed by atoms with Crippen molar-refractivity contribution in [2.75, 3.05) is 0 Å². The summed E-state index contributed by atoms with van der Waals surface area (Å²) in [6.07, 6.45) is 0.247. The van der Waals surface area contributed by atoms with E-state index in [2.05, 4.69) is 10.4 Å². The molecule has 0 aromatic carbocycles. The molecule has 0 unspecified atom stereocenters. The van der Waals surface area contributed by atoms with Gasteiger partial charge < -0.3 is 0 Å². The number of rotatable bonds is 4. The number of aryl methyl sites for hydroxylation is 1. The maximum atomic E-state index is 10.9. The minimum Gasteiger partial charge on any atom is -0.299 e. The van der Waals surface area contributed by atoms with Gasteiger partial charge in [-0.3, -0.25) is 9.59 Å². The second-order valence-corrected chi connectivity index (χ2v) is 3.26. The Bertz CT molecular complexity index is 369. The Morgan fingerprint density at radius 2 is 2.00 bits per heavy atom. The molecule has 76 valence electrons. The standard InChI is InChI=1S/C8H13N4O2/c1-6(13)4-8-11(3)9-10-12(8)5-7(2)14/h4-5H2,1-3H3/q+1. The zero-order valence-electron chi connectivity index (χ0n) is 8.52. The van der Waals surface area contributed by atoms with Crippen LogP contribution in [0.15, 0.2) is 0 Å². The lowest BCUT2D eigenvalue weighted by atomic mass is 10.3. The van der Waals surface area contributed by atoms with Crippen molar-refractivity contribution < 1.29 is 14.3 Å². The van der Waals surface area contributed by atoms with Crippen LogP contribution in [-0.2, 0) is 29.6 Å². The van der Waals surface area contributed by atoms with E-state index in [1.807, 2.05) is 0 Å². The number of Topliss-reactive ketones (excluding diaryl/α,β-unsaturated/α-hetero) is 2. The summed E-state index contributed by atoms with van der Waals surface area (Å²) in [7, 11) is 1.70. The minimum absolute atomic E-state index is 0.0136. The van der Waals surface area contributed by atoms with Crippen molar-refractivity contribution in [3.8, 4) is 0 Å². The molecule has 0 spiro atoms. The fourth-order valence-electron chi connectivity index (χ4n) is 1.14. The Hall–Kier alpha value is -1.59. The molecule has 14 heavy (non-hydrogen) atoms. The van der Waals surface area contributed by atoms with Crippen LogP contribution >= 0.6 is 0 Å². The Labute approximate surface area is 81.5 Å². The maximum absolute atomic E-state index is 10.9. The number of nitrogens with zero attached hydrogens (tertiary/aromatic N) is 4. The summed E-state index contributed by atoms with van der Waals surface area (Å²) < 4.78 is 2.95. The lowest BCUT2D eigenvalue weighted by Gasteiger charge is -1.94. The van der Waals surface area contributed by atoms with Crippen molar-refractivity contribution in [3.05, 3.63) is 5.82 Å². The topological polar surface area (TPSA) is 68.7 Å². The Morgan fingerprint density at radius 3 is 2.50 bits per heavy atom. The number of hydrogen-bond acceptors (Lipinski definition) is 4. The summed E-state index contributed by atoms with van der Waals surface area (Å²) in [6, 6.07) is 0. The molecule has 0 aliphatic carbocycles. The molecular formula is C8H13N4O2+. The quantitative estimate of drug-likeness (QED) is 0.570. The molecular weight excluding hydrogens is 184 g/mol. The van der Waals surface area contributed by atoms with Crippen molar-refractivity contribution in [1.29, 1.82) is 0 Å². The SMILES string of the molecule is CC(=O)Cc1n(CC(C)=O)nn[n+]1C. The van der Waals surface area contributed by atoms with E-state index >= 15 is 0 Å². The summed E-state index contributed by atoms with van der Waals surface area (Å²) in [5, 5.41) is 7.51. The molecule has 6 nitrogen and oxygen atoms in total. The molecule has 0 saturated heterocycles. The van der Waals surface area contributed by atoms with Crippen LogP contribution in [0, 0.1) is 0 Å². The van der Waals surface area contributed by atoms with Crippen LogP contribution in [0.3, 0.4) is 0 Å². The average molecular weight is 197 g/mol. The highest BCUT2D eigenvalue weighted by atomic mass is 16.1. The number of tetrazole rings is 1. The molecule has 0 fully saturated rings. The van der Waals surface area contributed by atoms with Gasteiger partial charge in [-0.1, -0.05) is 4.68 Å². The van der Waals surface area contributed by atoms with Gasteiger partial charge in [-0.05, 0) is 13.8 Å². The van der Waals surface area contributed by atoms with Crippen molar-refractivity contribution >= 4 is 11.6 Å². The molecule has 0 amide bonds. The van der Waals surface area contributed by atoms with Gasteiger partial charge >= 0.3 is 0 Å². The van der Waals surface area contributed by atoms with Gasteiger partial charge in [0.25, 0.3) is 5.82 Å². The molecule has 0 atom stereocenters. The van der Waals surface area contributed by atoms with Gasteiger partial charge in [0.2, 0.25) is 0 Å². The van der Waals surface area contributed by atoms with Crippen molar-refractivity contribution in [2.45, 2.75) is 26.8 Å². The highest BCUT2D eigenvalue weighted by Crippen LogP contribution is 1.93. The van der Waals surface area contributed by atoms with Crippen LogP contribution in [-0.4, -0.2) is 26.7 Å². The molecule has 0 radical (unpaired) electrons. The minimum atomic E-state index is -0.0136. The zero-order valence-corrected chi connectivity index (χ0v) is 8.52. The lowest BCUT2D eigenvalue weighted by molar-refractivity contribution is -0.738. The van der Waals surface area contributed by atoms with Gasteiger partial charge in [0.1, 0.15) is 11.0 Å². The summed E-state index contributed by atoms with van der Waals surface area (Å²) in [5.74, 6) is 0.653. The predicted octanol–water partition coefficient (Wildman–Crippen LogP) is -1.18. The Kier molecular flexibility index (Phi) is 3.06.